The van der Waals surface area contributed by atoms with Gasteiger partial charge in [0.2, 0.25) is 0 Å². The minimum atomic E-state index is -0.467. The lowest BCUT2D eigenvalue weighted by Crippen LogP contribution is -2.28. The minimum absolute atomic E-state index is 0.00419. The molecule has 314 valence electrons. The molecule has 1 aromatic heterocycles. The Labute approximate surface area is 387 Å². The molecule has 1 fully saturated rings. The molecule has 0 aliphatic heterocycles. The first-order valence-electron chi connectivity index (χ1n) is 24.1. The van der Waals surface area contributed by atoms with Crippen LogP contribution < -0.4 is 0 Å². The summed E-state index contributed by atoms with van der Waals surface area (Å²) >= 11 is 0. The molecule has 0 amide bonds. The molecule has 0 radical (unpaired) electrons. The zero-order chi connectivity index (χ0) is 43.4. The fourth-order valence-corrected chi connectivity index (χ4v) is 13.2. The molecule has 1 heterocycles. The predicted octanol–water partition coefficient (Wildman–Crippen LogP) is 15.9. The van der Waals surface area contributed by atoms with Crippen molar-refractivity contribution in [3.8, 4) is 16.8 Å². The van der Waals surface area contributed by atoms with Crippen molar-refractivity contribution in [2.75, 3.05) is 0 Å². The summed E-state index contributed by atoms with van der Waals surface area (Å²) in [6, 6.07) is 74.0. The van der Waals surface area contributed by atoms with Crippen molar-refractivity contribution in [1.29, 1.82) is 0 Å². The molecule has 0 bridgehead atoms. The van der Waals surface area contributed by atoms with Crippen LogP contribution in [-0.2, 0) is 30.1 Å². The zero-order valence-corrected chi connectivity index (χ0v) is 37.1. The van der Waals surface area contributed by atoms with E-state index in [1.807, 2.05) is 0 Å². The highest BCUT2D eigenvalue weighted by molar-refractivity contribution is 6.10. The van der Waals surface area contributed by atoms with E-state index in [0.717, 1.165) is 38.5 Å². The van der Waals surface area contributed by atoms with Gasteiger partial charge in [-0.2, -0.15) is 0 Å². The van der Waals surface area contributed by atoms with Crippen molar-refractivity contribution in [3.63, 3.8) is 0 Å². The number of para-hydroxylation sites is 1. The molecule has 2 unspecified atom stereocenters. The lowest BCUT2D eigenvalue weighted by atomic mass is 9.67. The Balaban J connectivity index is 0.951. The van der Waals surface area contributed by atoms with E-state index in [2.05, 4.69) is 223 Å². The van der Waals surface area contributed by atoms with Gasteiger partial charge in [0.05, 0.1) is 16.4 Å². The second-order valence-corrected chi connectivity index (χ2v) is 19.4. The van der Waals surface area contributed by atoms with Gasteiger partial charge in [0, 0.05) is 21.9 Å². The van der Waals surface area contributed by atoms with Gasteiger partial charge in [0.15, 0.2) is 0 Å². The van der Waals surface area contributed by atoms with Crippen LogP contribution >= 0.6 is 0 Å². The van der Waals surface area contributed by atoms with Crippen LogP contribution in [0.1, 0.15) is 86.4 Å². The summed E-state index contributed by atoms with van der Waals surface area (Å²) in [6.45, 7) is 0. The topological polar surface area (TPSA) is 4.93 Å². The average molecular weight is 844 g/mol. The standard InChI is InChI=1S/C65H49N/c1-4-18-45(19-5-1)64(41-43-32-35-53-51-26-11-10-24-49(51)50-25-12-13-27-52(50)56(53)38-43)42-61(64)44-33-36-62-57(39-44)58-40-47(34-37-63(58)66(62)48-22-8-3-9-23-48)65(46-20-6-2-7-21-46)59-30-16-14-28-54(59)55-29-15-17-31-60(55)65/h1-9,11,13-23,26-40,61H,10,12,24-25,41-42H2. The molecule has 66 heavy (non-hydrogen) atoms. The van der Waals surface area contributed by atoms with E-state index >= 15 is 0 Å². The van der Waals surface area contributed by atoms with Gasteiger partial charge in [0.25, 0.3) is 0 Å². The molecule has 0 saturated heterocycles. The minimum Gasteiger partial charge on any atom is -0.309 e. The molecule has 14 rings (SSSR count). The maximum atomic E-state index is 2.57. The van der Waals surface area contributed by atoms with Gasteiger partial charge in [-0.15, -0.1) is 0 Å². The van der Waals surface area contributed by atoms with E-state index in [0.29, 0.717) is 5.92 Å². The largest absolute Gasteiger partial charge is 0.309 e. The number of hydrogen-bond donors (Lipinski definition) is 0. The number of allylic oxidation sites excluding steroid dienone is 2. The van der Waals surface area contributed by atoms with Crippen molar-refractivity contribution in [2.24, 2.45) is 0 Å². The van der Waals surface area contributed by atoms with Gasteiger partial charge >= 0.3 is 0 Å². The third kappa shape index (κ3) is 5.41. The Kier molecular flexibility index (Phi) is 8.32. The summed E-state index contributed by atoms with van der Waals surface area (Å²) in [4.78, 5) is 0. The van der Waals surface area contributed by atoms with Crippen LogP contribution in [0.15, 0.2) is 206 Å². The Morgan fingerprint density at radius 3 is 1.71 bits per heavy atom. The summed E-state index contributed by atoms with van der Waals surface area (Å²) < 4.78 is 2.49. The number of hydrogen-bond acceptors (Lipinski definition) is 0. The van der Waals surface area contributed by atoms with Crippen LogP contribution in [0, 0.1) is 0 Å². The monoisotopic (exact) mass is 843 g/mol. The first kappa shape index (κ1) is 37.9. The highest BCUT2D eigenvalue weighted by Gasteiger charge is 2.55. The molecule has 10 aromatic rings. The molecule has 4 aliphatic rings. The second-order valence-electron chi connectivity index (χ2n) is 19.4. The maximum absolute atomic E-state index is 2.57. The summed E-state index contributed by atoms with van der Waals surface area (Å²) in [7, 11) is 0. The molecule has 9 aromatic carbocycles. The van der Waals surface area contributed by atoms with Crippen molar-refractivity contribution < 1.29 is 0 Å². The Morgan fingerprint density at radius 2 is 1.03 bits per heavy atom. The maximum Gasteiger partial charge on any atom is 0.0713 e. The van der Waals surface area contributed by atoms with Crippen LogP contribution in [0.5, 0.6) is 0 Å². The lowest BCUT2D eigenvalue weighted by Gasteiger charge is -2.34. The predicted molar refractivity (Wildman–Crippen MR) is 276 cm³/mol. The highest BCUT2D eigenvalue weighted by atomic mass is 15.0. The van der Waals surface area contributed by atoms with Crippen molar-refractivity contribution in [1.82, 2.24) is 4.57 Å². The Hall–Kier alpha value is -7.48. The quantitative estimate of drug-likeness (QED) is 0.151. The van der Waals surface area contributed by atoms with Gasteiger partial charge in [0.1, 0.15) is 0 Å². The average Bonchev–Trinajstić information content (AvgIpc) is 3.92. The smallest absolute Gasteiger partial charge is 0.0713 e. The SMILES string of the molecule is C1=Cc2c(c3c(c4cc(CC5(c6ccccc6)CC5c5ccc6c(c5)c5cc(C7(c8ccccc8)c8ccccc8-c8ccccc87)ccc5n6-c5ccccc5)ccc24)C=CCC3)CC1. The molecule has 1 nitrogen and oxygen atoms in total. The van der Waals surface area contributed by atoms with E-state index in [1.54, 1.807) is 11.1 Å². The summed E-state index contributed by atoms with van der Waals surface area (Å²) in [5, 5.41) is 5.44. The van der Waals surface area contributed by atoms with Gasteiger partial charge < -0.3 is 4.57 Å². The fourth-order valence-electron chi connectivity index (χ4n) is 13.2. The summed E-state index contributed by atoms with van der Waals surface area (Å²) in [5.74, 6) is 0.392. The summed E-state index contributed by atoms with van der Waals surface area (Å²) in [6.07, 6.45) is 16.3. The molecule has 0 spiro atoms. The van der Waals surface area contributed by atoms with E-state index in [9.17, 15) is 0 Å². The van der Waals surface area contributed by atoms with E-state index in [4.69, 9.17) is 0 Å². The third-order valence-corrected chi connectivity index (χ3v) is 16.1. The van der Waals surface area contributed by atoms with Gasteiger partial charge in [-0.1, -0.05) is 182 Å². The first-order valence-corrected chi connectivity index (χ1v) is 24.1. The Bertz CT molecular complexity index is 3600. The molecule has 2 atom stereocenters. The lowest BCUT2D eigenvalue weighted by molar-refractivity contribution is 0.660. The van der Waals surface area contributed by atoms with Crippen LogP contribution in [0.25, 0.3) is 61.5 Å². The van der Waals surface area contributed by atoms with Crippen LogP contribution in [0.4, 0.5) is 0 Å². The van der Waals surface area contributed by atoms with Gasteiger partial charge in [-0.25, -0.2) is 0 Å². The van der Waals surface area contributed by atoms with E-state index < -0.39 is 5.41 Å². The van der Waals surface area contributed by atoms with Crippen LogP contribution in [-0.4, -0.2) is 4.57 Å². The molecule has 1 heteroatoms. The van der Waals surface area contributed by atoms with Gasteiger partial charge in [-0.05, 0) is 164 Å². The number of nitrogens with zero attached hydrogens (tertiary/aromatic N) is 1. The van der Waals surface area contributed by atoms with E-state index in [-0.39, 0.29) is 5.41 Å². The normalized spacial score (nSPS) is 18.6. The number of rotatable bonds is 7. The van der Waals surface area contributed by atoms with Crippen LogP contribution in [0.3, 0.4) is 0 Å². The molecule has 4 aliphatic carbocycles. The molecular formula is C65H49N. The zero-order valence-electron chi connectivity index (χ0n) is 37.1. The van der Waals surface area contributed by atoms with Crippen molar-refractivity contribution in [2.45, 2.75) is 55.3 Å². The molecule has 0 N–H and O–H groups in total. The van der Waals surface area contributed by atoms with Crippen molar-refractivity contribution in [3.05, 3.63) is 267 Å². The second kappa shape index (κ2) is 14.5. The molecule has 1 saturated carbocycles. The molecular weight excluding hydrogens is 795 g/mol. The Morgan fingerprint density at radius 1 is 0.455 bits per heavy atom. The highest BCUT2D eigenvalue weighted by Crippen LogP contribution is 2.63. The number of aromatic nitrogens is 1. The first-order chi connectivity index (χ1) is 32.7. The van der Waals surface area contributed by atoms with Gasteiger partial charge in [-0.3, -0.25) is 0 Å². The fraction of sp³-hybridized carbons (Fsp3) is 0.138. The van der Waals surface area contributed by atoms with Crippen LogP contribution in [0.2, 0.25) is 0 Å². The number of benzene rings is 9. The van der Waals surface area contributed by atoms with Crippen molar-refractivity contribution >= 4 is 44.7 Å². The number of fused-ring (bicyclic) bond motifs is 12. The third-order valence-electron chi connectivity index (χ3n) is 16.1. The summed E-state index contributed by atoms with van der Waals surface area (Å²) in [5.41, 5.74) is 21.5. The van der Waals surface area contributed by atoms with E-state index in [1.165, 1.54) is 99.5 Å².